The van der Waals surface area contributed by atoms with Crippen LogP contribution in [0.4, 0.5) is 0 Å². The number of aliphatic hydroxyl groups is 1. The molecule has 0 spiro atoms. The molecule has 0 amide bonds. The highest BCUT2D eigenvalue weighted by atomic mass is 16.3. The van der Waals surface area contributed by atoms with E-state index in [9.17, 15) is 9.90 Å². The van der Waals surface area contributed by atoms with Gasteiger partial charge in [-0.25, -0.2) is 0 Å². The number of hydrogen-bond acceptors (Lipinski definition) is 2. The van der Waals surface area contributed by atoms with Gasteiger partial charge in [0.15, 0.2) is 0 Å². The zero-order chi connectivity index (χ0) is 12.1. The van der Waals surface area contributed by atoms with Crippen LogP contribution in [-0.2, 0) is 11.2 Å². The summed E-state index contributed by atoms with van der Waals surface area (Å²) in [6, 6.07) is 7.86. The third kappa shape index (κ3) is 3.46. The highest BCUT2D eigenvalue weighted by molar-refractivity contribution is 5.53. The monoisotopic (exact) mass is 220 g/mol. The first-order valence-corrected chi connectivity index (χ1v) is 5.76. The van der Waals surface area contributed by atoms with Crippen molar-refractivity contribution in [2.24, 2.45) is 11.8 Å². The first-order chi connectivity index (χ1) is 7.54. The second kappa shape index (κ2) is 5.80. The van der Waals surface area contributed by atoms with Gasteiger partial charge in [0.2, 0.25) is 0 Å². The fourth-order valence-corrected chi connectivity index (χ4v) is 1.66. The molecule has 0 radical (unpaired) electrons. The zero-order valence-corrected chi connectivity index (χ0v) is 10.2. The largest absolute Gasteiger partial charge is 0.388 e. The van der Waals surface area contributed by atoms with E-state index in [0.29, 0.717) is 0 Å². The van der Waals surface area contributed by atoms with Crippen LogP contribution in [0.25, 0.3) is 0 Å². The van der Waals surface area contributed by atoms with E-state index in [1.807, 2.05) is 45.0 Å². The molecular weight excluding hydrogens is 200 g/mol. The molecule has 1 aromatic carbocycles. The highest BCUT2D eigenvalue weighted by Gasteiger charge is 2.11. The summed E-state index contributed by atoms with van der Waals surface area (Å²) >= 11 is 0. The first kappa shape index (κ1) is 12.9. The van der Waals surface area contributed by atoms with Crippen molar-refractivity contribution in [3.63, 3.8) is 0 Å². The molecule has 0 bridgehead atoms. The van der Waals surface area contributed by atoms with Crippen LogP contribution in [0, 0.1) is 11.8 Å². The Morgan fingerprint density at radius 3 is 2.19 bits per heavy atom. The van der Waals surface area contributed by atoms with Crippen LogP contribution < -0.4 is 0 Å². The van der Waals surface area contributed by atoms with E-state index in [1.165, 1.54) is 0 Å². The second-order valence-corrected chi connectivity index (χ2v) is 4.75. The van der Waals surface area contributed by atoms with Crippen LogP contribution in [0.2, 0.25) is 0 Å². The number of aliphatic hydroxyl groups excluding tert-OH is 1. The molecule has 16 heavy (non-hydrogen) atoms. The number of aldehydes is 1. The maximum absolute atomic E-state index is 10.5. The Morgan fingerprint density at radius 2 is 1.75 bits per heavy atom. The van der Waals surface area contributed by atoms with Gasteiger partial charge in [-0.15, -0.1) is 0 Å². The molecule has 0 saturated carbocycles. The van der Waals surface area contributed by atoms with Crippen molar-refractivity contribution < 1.29 is 9.90 Å². The van der Waals surface area contributed by atoms with E-state index < -0.39 is 6.10 Å². The zero-order valence-electron chi connectivity index (χ0n) is 10.2. The van der Waals surface area contributed by atoms with Gasteiger partial charge < -0.3 is 9.90 Å². The Kier molecular flexibility index (Phi) is 4.69. The molecule has 1 N–H and O–H groups in total. The van der Waals surface area contributed by atoms with Crippen LogP contribution in [0.5, 0.6) is 0 Å². The lowest BCUT2D eigenvalue weighted by atomic mass is 9.96. The van der Waals surface area contributed by atoms with Crippen molar-refractivity contribution >= 4 is 6.29 Å². The van der Waals surface area contributed by atoms with Crippen molar-refractivity contribution in [3.8, 4) is 0 Å². The van der Waals surface area contributed by atoms with Crippen molar-refractivity contribution in [3.05, 3.63) is 35.4 Å². The standard InChI is InChI=1S/C14H20O2/c1-10(2)14(16)13-6-4-12(5-7-13)8-11(3)9-15/h4-7,9-11,14,16H,8H2,1-3H3. The molecule has 0 aliphatic heterocycles. The van der Waals surface area contributed by atoms with E-state index in [2.05, 4.69) is 0 Å². The number of carbonyl (C=O) groups excluding carboxylic acids is 1. The maximum atomic E-state index is 10.5. The topological polar surface area (TPSA) is 37.3 Å². The Labute approximate surface area is 97.3 Å². The van der Waals surface area contributed by atoms with Crippen LogP contribution in [0.3, 0.4) is 0 Å². The number of rotatable bonds is 5. The summed E-state index contributed by atoms with van der Waals surface area (Å²) in [4.78, 5) is 10.5. The average molecular weight is 220 g/mol. The second-order valence-electron chi connectivity index (χ2n) is 4.75. The van der Waals surface area contributed by atoms with E-state index in [-0.39, 0.29) is 11.8 Å². The summed E-state index contributed by atoms with van der Waals surface area (Å²) in [6.45, 7) is 5.89. The Morgan fingerprint density at radius 1 is 1.19 bits per heavy atom. The van der Waals surface area contributed by atoms with Crippen LogP contribution in [-0.4, -0.2) is 11.4 Å². The van der Waals surface area contributed by atoms with Gasteiger partial charge in [-0.1, -0.05) is 45.0 Å². The van der Waals surface area contributed by atoms with E-state index >= 15 is 0 Å². The molecule has 0 aliphatic rings. The van der Waals surface area contributed by atoms with Crippen LogP contribution in [0.15, 0.2) is 24.3 Å². The van der Waals surface area contributed by atoms with Gasteiger partial charge in [-0.3, -0.25) is 0 Å². The fraction of sp³-hybridized carbons (Fsp3) is 0.500. The minimum absolute atomic E-state index is 0.0564. The van der Waals surface area contributed by atoms with Gasteiger partial charge in [0, 0.05) is 5.92 Å². The van der Waals surface area contributed by atoms with E-state index in [0.717, 1.165) is 23.8 Å². The van der Waals surface area contributed by atoms with Gasteiger partial charge in [-0.05, 0) is 23.5 Å². The number of benzene rings is 1. The summed E-state index contributed by atoms with van der Waals surface area (Å²) in [5.41, 5.74) is 2.08. The molecule has 1 aromatic rings. The van der Waals surface area contributed by atoms with Crippen molar-refractivity contribution in [1.82, 2.24) is 0 Å². The molecule has 1 rings (SSSR count). The predicted octanol–water partition coefficient (Wildman–Crippen LogP) is 2.75. The lowest BCUT2D eigenvalue weighted by molar-refractivity contribution is -0.110. The molecule has 0 aliphatic carbocycles. The molecule has 2 atom stereocenters. The quantitative estimate of drug-likeness (QED) is 0.775. The van der Waals surface area contributed by atoms with Crippen molar-refractivity contribution in [1.29, 1.82) is 0 Å². The van der Waals surface area contributed by atoms with Crippen LogP contribution >= 0.6 is 0 Å². The first-order valence-electron chi connectivity index (χ1n) is 5.76. The predicted molar refractivity (Wildman–Crippen MR) is 65.2 cm³/mol. The summed E-state index contributed by atoms with van der Waals surface area (Å²) in [7, 11) is 0. The summed E-state index contributed by atoms with van der Waals surface area (Å²) in [5.74, 6) is 0.278. The average Bonchev–Trinajstić information content (AvgIpc) is 2.28. The lowest BCUT2D eigenvalue weighted by Crippen LogP contribution is -2.06. The molecule has 0 saturated heterocycles. The summed E-state index contributed by atoms with van der Waals surface area (Å²) < 4.78 is 0. The molecule has 2 nitrogen and oxygen atoms in total. The van der Waals surface area contributed by atoms with Gasteiger partial charge in [0.1, 0.15) is 6.29 Å². The van der Waals surface area contributed by atoms with E-state index in [1.54, 1.807) is 0 Å². The normalized spacial score (nSPS) is 14.8. The molecule has 0 fully saturated rings. The van der Waals surface area contributed by atoms with Crippen molar-refractivity contribution in [2.75, 3.05) is 0 Å². The summed E-state index contributed by atoms with van der Waals surface area (Å²) in [6.07, 6.45) is 1.33. The van der Waals surface area contributed by atoms with Crippen molar-refractivity contribution in [2.45, 2.75) is 33.3 Å². The Bertz CT molecular complexity index is 327. The highest BCUT2D eigenvalue weighted by Crippen LogP contribution is 2.21. The fourth-order valence-electron chi connectivity index (χ4n) is 1.66. The minimum Gasteiger partial charge on any atom is -0.388 e. The number of hydrogen-bond donors (Lipinski definition) is 1. The maximum Gasteiger partial charge on any atom is 0.123 e. The lowest BCUT2D eigenvalue weighted by Gasteiger charge is -2.15. The Hall–Kier alpha value is -1.15. The molecule has 0 heterocycles. The minimum atomic E-state index is -0.405. The number of carbonyl (C=O) groups is 1. The third-order valence-corrected chi connectivity index (χ3v) is 2.74. The molecular formula is C14H20O2. The SMILES string of the molecule is CC(C=O)Cc1ccc(C(O)C(C)C)cc1. The van der Waals surface area contributed by atoms with Crippen LogP contribution in [0.1, 0.15) is 38.0 Å². The summed E-state index contributed by atoms with van der Waals surface area (Å²) in [5, 5.41) is 9.86. The molecule has 88 valence electrons. The third-order valence-electron chi connectivity index (χ3n) is 2.74. The molecule has 2 unspecified atom stereocenters. The Balaban J connectivity index is 2.71. The molecule has 0 aromatic heterocycles. The van der Waals surface area contributed by atoms with Gasteiger partial charge in [-0.2, -0.15) is 0 Å². The van der Waals surface area contributed by atoms with Gasteiger partial charge in [0.25, 0.3) is 0 Å². The molecule has 2 heteroatoms. The van der Waals surface area contributed by atoms with Gasteiger partial charge in [0.05, 0.1) is 6.10 Å². The van der Waals surface area contributed by atoms with Gasteiger partial charge >= 0.3 is 0 Å². The van der Waals surface area contributed by atoms with E-state index in [4.69, 9.17) is 0 Å². The smallest absolute Gasteiger partial charge is 0.123 e.